The first kappa shape index (κ1) is 21.4. The van der Waals surface area contributed by atoms with E-state index in [2.05, 4.69) is 9.56 Å². The van der Waals surface area contributed by atoms with Crippen molar-refractivity contribution < 1.29 is 17.9 Å². The zero-order valence-electron chi connectivity index (χ0n) is 16.3. The topological polar surface area (TPSA) is 81.0 Å². The highest BCUT2D eigenvalue weighted by Gasteiger charge is 2.29. The van der Waals surface area contributed by atoms with Crippen LogP contribution in [-0.2, 0) is 21.4 Å². The van der Waals surface area contributed by atoms with Crippen molar-refractivity contribution in [3.05, 3.63) is 23.0 Å². The van der Waals surface area contributed by atoms with Crippen molar-refractivity contribution in [3.8, 4) is 5.75 Å². The summed E-state index contributed by atoms with van der Waals surface area (Å²) in [6.45, 7) is 1.51. The average Bonchev–Trinajstić information content (AvgIpc) is 3.01. The molecular weight excluding hydrogens is 418 g/mol. The van der Waals surface area contributed by atoms with Crippen LogP contribution in [0.4, 0.5) is 0 Å². The smallest absolute Gasteiger partial charge is 0.251 e. The van der Waals surface area contributed by atoms with E-state index in [4.69, 9.17) is 4.74 Å². The lowest BCUT2D eigenvalue weighted by Gasteiger charge is -2.28. The predicted molar refractivity (Wildman–Crippen MR) is 114 cm³/mol. The van der Waals surface area contributed by atoms with Crippen molar-refractivity contribution in [1.29, 1.82) is 0 Å². The molecule has 7 nitrogen and oxygen atoms in total. The van der Waals surface area contributed by atoms with E-state index in [1.54, 1.807) is 18.9 Å². The Bertz CT molecular complexity index is 1020. The molecule has 1 fully saturated rings. The molecule has 1 aromatic heterocycles. The Balaban J connectivity index is 1.89. The van der Waals surface area contributed by atoms with Gasteiger partial charge in [0.25, 0.3) is 5.91 Å². The van der Waals surface area contributed by atoms with Crippen molar-refractivity contribution >= 4 is 49.2 Å². The summed E-state index contributed by atoms with van der Waals surface area (Å²) in [6, 6.07) is 5.87. The van der Waals surface area contributed by atoms with Crippen molar-refractivity contribution in [3.63, 3.8) is 0 Å². The van der Waals surface area contributed by atoms with Crippen molar-refractivity contribution in [2.45, 2.75) is 19.4 Å². The molecule has 0 saturated carbocycles. The first-order valence-electron chi connectivity index (χ1n) is 9.03. The van der Waals surface area contributed by atoms with Crippen LogP contribution < -0.4 is 9.54 Å². The normalized spacial score (nSPS) is 17.3. The Hall–Kier alpha value is -1.36. The Labute approximate surface area is 173 Å². The second-order valence-electron chi connectivity index (χ2n) is 6.75. The van der Waals surface area contributed by atoms with E-state index in [0.29, 0.717) is 30.7 Å². The molecule has 2 heterocycles. The molecule has 0 radical (unpaired) electrons. The SMILES string of the molecule is COc1ccc2sc(=NC(=O)C3CCN(S(C)(=O)=O)CC3)n(CCSC)c2c1. The highest BCUT2D eigenvalue weighted by atomic mass is 32.2. The van der Waals surface area contributed by atoms with Crippen LogP contribution in [0.25, 0.3) is 10.2 Å². The lowest BCUT2D eigenvalue weighted by atomic mass is 9.98. The van der Waals surface area contributed by atoms with E-state index in [9.17, 15) is 13.2 Å². The van der Waals surface area contributed by atoms with Crippen molar-refractivity contribution in [2.75, 3.05) is 38.5 Å². The molecule has 1 aliphatic rings. The van der Waals surface area contributed by atoms with Gasteiger partial charge in [-0.25, -0.2) is 12.7 Å². The molecule has 1 saturated heterocycles. The Morgan fingerprint density at radius 2 is 2.07 bits per heavy atom. The van der Waals surface area contributed by atoms with Crippen LogP contribution in [0.2, 0.25) is 0 Å². The van der Waals surface area contributed by atoms with Gasteiger partial charge in [0.1, 0.15) is 5.75 Å². The Morgan fingerprint density at radius 3 is 2.68 bits per heavy atom. The van der Waals surface area contributed by atoms with Gasteiger partial charge in [-0.05, 0) is 31.2 Å². The zero-order chi connectivity index (χ0) is 20.3. The predicted octanol–water partition coefficient (Wildman–Crippen LogP) is 2.17. The summed E-state index contributed by atoms with van der Waals surface area (Å²) in [6.07, 6.45) is 4.28. The number of fused-ring (bicyclic) bond motifs is 1. The molecule has 1 aliphatic heterocycles. The van der Waals surface area contributed by atoms with Crippen LogP contribution in [-0.4, -0.2) is 61.7 Å². The third kappa shape index (κ3) is 4.79. The maximum atomic E-state index is 12.8. The number of hydrogen-bond acceptors (Lipinski definition) is 6. The van der Waals surface area contributed by atoms with Crippen LogP contribution >= 0.6 is 23.1 Å². The highest BCUT2D eigenvalue weighted by molar-refractivity contribution is 7.98. The molecule has 0 aliphatic carbocycles. The molecule has 1 amide bonds. The second-order valence-corrected chi connectivity index (χ2v) is 10.7. The van der Waals surface area contributed by atoms with Gasteiger partial charge in [0.15, 0.2) is 4.80 Å². The van der Waals surface area contributed by atoms with Gasteiger partial charge in [-0.3, -0.25) is 4.79 Å². The number of nitrogens with zero attached hydrogens (tertiary/aromatic N) is 3. The number of aromatic nitrogens is 1. The third-order valence-electron chi connectivity index (χ3n) is 4.89. The summed E-state index contributed by atoms with van der Waals surface area (Å²) in [5.41, 5.74) is 1.01. The number of methoxy groups -OCH3 is 1. The van der Waals surface area contributed by atoms with Gasteiger partial charge in [0.2, 0.25) is 10.0 Å². The van der Waals surface area contributed by atoms with Crippen LogP contribution in [0.15, 0.2) is 23.2 Å². The average molecular weight is 444 g/mol. The Kier molecular flexibility index (Phi) is 6.85. The summed E-state index contributed by atoms with van der Waals surface area (Å²) in [4.78, 5) is 17.9. The van der Waals surface area contributed by atoms with Crippen molar-refractivity contribution in [2.24, 2.45) is 10.9 Å². The fourth-order valence-electron chi connectivity index (χ4n) is 3.28. The van der Waals surface area contributed by atoms with Gasteiger partial charge >= 0.3 is 0 Å². The number of carbonyl (C=O) groups excluding carboxylic acids is 1. The summed E-state index contributed by atoms with van der Waals surface area (Å²) in [7, 11) is -1.56. The largest absolute Gasteiger partial charge is 0.497 e. The van der Waals surface area contributed by atoms with Gasteiger partial charge in [-0.15, -0.1) is 0 Å². The van der Waals surface area contributed by atoms with Gasteiger partial charge in [-0.2, -0.15) is 16.8 Å². The molecular formula is C18H25N3O4S3. The third-order valence-corrected chi connectivity index (χ3v) is 7.84. The minimum atomic E-state index is -3.20. The number of ether oxygens (including phenoxy) is 1. The van der Waals surface area contributed by atoms with Crippen LogP contribution in [0, 0.1) is 5.92 Å². The molecule has 2 aromatic rings. The molecule has 0 N–H and O–H groups in total. The van der Waals surface area contributed by atoms with E-state index in [1.807, 2.05) is 24.5 Å². The second kappa shape index (κ2) is 8.98. The lowest BCUT2D eigenvalue weighted by molar-refractivity contribution is -0.122. The molecule has 10 heteroatoms. The van der Waals surface area contributed by atoms with Crippen molar-refractivity contribution in [1.82, 2.24) is 8.87 Å². The van der Waals surface area contributed by atoms with Gasteiger partial charge in [-0.1, -0.05) is 11.3 Å². The summed E-state index contributed by atoms with van der Waals surface area (Å²) in [5.74, 6) is 1.29. The van der Waals surface area contributed by atoms with Crippen LogP contribution in [0.3, 0.4) is 0 Å². The number of piperidine rings is 1. The van der Waals surface area contributed by atoms with Crippen LogP contribution in [0.5, 0.6) is 5.75 Å². The number of thioether (sulfide) groups is 1. The van der Waals surface area contributed by atoms with E-state index in [-0.39, 0.29) is 11.8 Å². The first-order valence-corrected chi connectivity index (χ1v) is 13.1. The molecule has 28 heavy (non-hydrogen) atoms. The Morgan fingerprint density at radius 1 is 1.36 bits per heavy atom. The van der Waals surface area contributed by atoms with E-state index < -0.39 is 10.0 Å². The molecule has 0 unspecified atom stereocenters. The van der Waals surface area contributed by atoms with Gasteiger partial charge in [0, 0.05) is 37.4 Å². The number of aryl methyl sites for hydroxylation is 1. The number of hydrogen-bond donors (Lipinski definition) is 0. The number of sulfonamides is 1. The number of rotatable bonds is 6. The van der Waals surface area contributed by atoms with Gasteiger partial charge in [0.05, 0.1) is 23.6 Å². The molecule has 0 bridgehead atoms. The number of benzene rings is 1. The number of carbonyl (C=O) groups is 1. The minimum Gasteiger partial charge on any atom is -0.497 e. The number of amides is 1. The molecule has 3 rings (SSSR count). The zero-order valence-corrected chi connectivity index (χ0v) is 18.7. The highest BCUT2D eigenvalue weighted by Crippen LogP contribution is 2.24. The fourth-order valence-corrected chi connectivity index (χ4v) is 5.56. The minimum absolute atomic E-state index is 0.162. The van der Waals surface area contributed by atoms with E-state index in [1.165, 1.54) is 21.9 Å². The summed E-state index contributed by atoms with van der Waals surface area (Å²) < 4.78 is 33.2. The van der Waals surface area contributed by atoms with Gasteiger partial charge < -0.3 is 9.30 Å². The van der Waals surface area contributed by atoms with E-state index >= 15 is 0 Å². The maximum absolute atomic E-state index is 12.8. The molecule has 1 aromatic carbocycles. The quantitative estimate of drug-likeness (QED) is 0.684. The number of thiazole rings is 1. The molecule has 0 atom stereocenters. The van der Waals surface area contributed by atoms with E-state index in [0.717, 1.165) is 28.3 Å². The summed E-state index contributed by atoms with van der Waals surface area (Å²) in [5, 5.41) is 0. The van der Waals surface area contributed by atoms with Crippen LogP contribution in [0.1, 0.15) is 12.8 Å². The lowest BCUT2D eigenvalue weighted by Crippen LogP contribution is -2.39. The maximum Gasteiger partial charge on any atom is 0.251 e. The standard InChI is InChI=1S/C18H25N3O4S3/c1-25-14-4-5-16-15(12-14)21(10-11-26-2)18(27-16)19-17(22)13-6-8-20(9-7-13)28(3,23)24/h4-5,12-13H,6-11H2,1-3H3. The molecule has 154 valence electrons. The summed E-state index contributed by atoms with van der Waals surface area (Å²) >= 11 is 3.24. The first-order chi connectivity index (χ1) is 13.3. The monoisotopic (exact) mass is 443 g/mol. The molecule has 0 spiro atoms. The fraction of sp³-hybridized carbons (Fsp3) is 0.556.